The van der Waals surface area contributed by atoms with E-state index in [1.807, 2.05) is 0 Å². The Morgan fingerprint density at radius 2 is 1.79 bits per heavy atom. The lowest BCUT2D eigenvalue weighted by Crippen LogP contribution is -2.38. The first-order valence-corrected chi connectivity index (χ1v) is 7.92. The molecule has 0 aliphatic heterocycles. The van der Waals surface area contributed by atoms with Crippen LogP contribution in [0.4, 0.5) is 0 Å². The van der Waals surface area contributed by atoms with Gasteiger partial charge in [-0.15, -0.1) is 0 Å². The van der Waals surface area contributed by atoms with E-state index in [4.69, 9.17) is 44.0 Å². The van der Waals surface area contributed by atoms with Crippen LogP contribution in [0.3, 0.4) is 0 Å². The maximum atomic E-state index is 11.7. The van der Waals surface area contributed by atoms with Gasteiger partial charge in [0.05, 0.1) is 34.4 Å². The van der Waals surface area contributed by atoms with Gasteiger partial charge >= 0.3 is 0 Å². The summed E-state index contributed by atoms with van der Waals surface area (Å²) in [5.41, 5.74) is 0. The van der Waals surface area contributed by atoms with Crippen molar-refractivity contribution in [2.75, 3.05) is 13.2 Å². The van der Waals surface area contributed by atoms with Crippen LogP contribution in [0.5, 0.6) is 5.75 Å². The fourth-order valence-electron chi connectivity index (χ4n) is 1.65. The van der Waals surface area contributed by atoms with Crippen LogP contribution in [0.1, 0.15) is 5.76 Å². The van der Waals surface area contributed by atoms with E-state index in [1.165, 1.54) is 18.4 Å². The number of halogens is 3. The van der Waals surface area contributed by atoms with E-state index in [0.717, 1.165) is 0 Å². The Bertz CT molecular complexity index is 720. The lowest BCUT2D eigenvalue weighted by molar-refractivity contribution is -0.127. The van der Waals surface area contributed by atoms with Crippen LogP contribution >= 0.6 is 34.8 Å². The zero-order chi connectivity index (χ0) is 17.5. The smallest absolute Gasteiger partial charge is 0.258 e. The van der Waals surface area contributed by atoms with Gasteiger partial charge in [0.25, 0.3) is 5.91 Å². The summed E-state index contributed by atoms with van der Waals surface area (Å²) in [6.07, 6.45) is 1.51. The third kappa shape index (κ3) is 5.63. The largest absolute Gasteiger partial charge is 0.482 e. The highest BCUT2D eigenvalue weighted by Gasteiger charge is 2.10. The van der Waals surface area contributed by atoms with Gasteiger partial charge in [-0.25, -0.2) is 0 Å². The van der Waals surface area contributed by atoms with Gasteiger partial charge in [-0.1, -0.05) is 34.8 Å². The zero-order valence-electron chi connectivity index (χ0n) is 12.3. The van der Waals surface area contributed by atoms with E-state index >= 15 is 0 Å². The second kappa shape index (κ2) is 8.82. The molecule has 0 aliphatic rings. The topological polar surface area (TPSA) is 80.6 Å². The minimum Gasteiger partial charge on any atom is -0.482 e. The Hall–Kier alpha value is -1.89. The van der Waals surface area contributed by atoms with Gasteiger partial charge in [0.15, 0.2) is 6.61 Å². The summed E-state index contributed by atoms with van der Waals surface area (Å²) in [4.78, 5) is 23.3. The molecule has 1 heterocycles. The number of hydrogen-bond acceptors (Lipinski definition) is 4. The van der Waals surface area contributed by atoms with Crippen molar-refractivity contribution in [3.8, 4) is 5.75 Å². The molecule has 2 amide bonds. The monoisotopic (exact) mass is 390 g/mol. The Balaban J connectivity index is 1.71. The normalized spacial score (nSPS) is 10.3. The van der Waals surface area contributed by atoms with Crippen molar-refractivity contribution >= 4 is 46.6 Å². The summed E-state index contributed by atoms with van der Waals surface area (Å²) in [5, 5.41) is 5.79. The molecule has 2 aromatic rings. The molecular formula is C15H13Cl3N2O4. The molecule has 128 valence electrons. The molecule has 0 aliphatic carbocycles. The standard InChI is InChI=1S/C15H13Cl3N2O4/c16-10-4-12(18)13(5-11(10)17)24-8-15(22)20-7-14(21)19-6-9-2-1-3-23-9/h1-5H,6-8H2,(H,19,21)(H,20,22). The molecule has 0 saturated heterocycles. The number of carbonyl (C=O) groups excluding carboxylic acids is 2. The number of rotatable bonds is 7. The average Bonchev–Trinajstić information content (AvgIpc) is 3.06. The Morgan fingerprint density at radius 3 is 2.50 bits per heavy atom. The Labute approximate surface area is 153 Å². The van der Waals surface area contributed by atoms with Crippen molar-refractivity contribution in [2.45, 2.75) is 6.54 Å². The molecule has 0 radical (unpaired) electrons. The lowest BCUT2D eigenvalue weighted by atomic mass is 10.3. The van der Waals surface area contributed by atoms with E-state index in [2.05, 4.69) is 10.6 Å². The molecule has 1 aromatic heterocycles. The molecular weight excluding hydrogens is 379 g/mol. The molecule has 0 bridgehead atoms. The third-order valence-electron chi connectivity index (χ3n) is 2.82. The van der Waals surface area contributed by atoms with Gasteiger partial charge in [-0.3, -0.25) is 9.59 Å². The first-order chi connectivity index (χ1) is 11.5. The summed E-state index contributed by atoms with van der Waals surface area (Å²) < 4.78 is 10.3. The number of nitrogens with one attached hydrogen (secondary N) is 2. The average molecular weight is 392 g/mol. The fraction of sp³-hybridized carbons (Fsp3) is 0.200. The van der Waals surface area contributed by atoms with E-state index < -0.39 is 5.91 Å². The summed E-state index contributed by atoms with van der Waals surface area (Å²) in [6, 6.07) is 6.28. The van der Waals surface area contributed by atoms with Crippen LogP contribution in [-0.4, -0.2) is 25.0 Å². The number of hydrogen-bond donors (Lipinski definition) is 2. The number of amides is 2. The van der Waals surface area contributed by atoms with Crippen molar-refractivity contribution in [1.82, 2.24) is 10.6 Å². The van der Waals surface area contributed by atoms with E-state index in [-0.39, 0.29) is 46.4 Å². The van der Waals surface area contributed by atoms with Gasteiger partial charge in [0.2, 0.25) is 5.91 Å². The van der Waals surface area contributed by atoms with E-state index in [0.29, 0.717) is 5.76 Å². The first kappa shape index (κ1) is 18.4. The predicted molar refractivity (Wildman–Crippen MR) is 90.5 cm³/mol. The summed E-state index contributed by atoms with van der Waals surface area (Å²) >= 11 is 17.6. The van der Waals surface area contributed by atoms with Crippen LogP contribution < -0.4 is 15.4 Å². The third-order valence-corrected chi connectivity index (χ3v) is 3.84. The van der Waals surface area contributed by atoms with Gasteiger partial charge in [0.1, 0.15) is 11.5 Å². The predicted octanol–water partition coefficient (Wildman–Crippen LogP) is 3.05. The quantitative estimate of drug-likeness (QED) is 0.711. The maximum Gasteiger partial charge on any atom is 0.258 e. The highest BCUT2D eigenvalue weighted by Crippen LogP contribution is 2.33. The van der Waals surface area contributed by atoms with Crippen LogP contribution in [0.25, 0.3) is 0 Å². The molecule has 1 aromatic carbocycles. The maximum absolute atomic E-state index is 11.7. The Kier molecular flexibility index (Phi) is 6.78. The molecule has 6 nitrogen and oxygen atoms in total. The molecule has 2 rings (SSSR count). The summed E-state index contributed by atoms with van der Waals surface area (Å²) in [7, 11) is 0. The number of carbonyl (C=O) groups is 2. The molecule has 2 N–H and O–H groups in total. The number of ether oxygens (including phenoxy) is 1. The number of furan rings is 1. The highest BCUT2D eigenvalue weighted by molar-refractivity contribution is 6.43. The molecule has 0 spiro atoms. The minimum atomic E-state index is -0.481. The highest BCUT2D eigenvalue weighted by atomic mass is 35.5. The van der Waals surface area contributed by atoms with Gasteiger partial charge in [0, 0.05) is 6.07 Å². The SMILES string of the molecule is O=C(CNC(=O)COc1cc(Cl)c(Cl)cc1Cl)NCc1ccco1. The van der Waals surface area contributed by atoms with Crippen LogP contribution in [0.2, 0.25) is 15.1 Å². The van der Waals surface area contributed by atoms with Crippen LogP contribution in [0, 0.1) is 0 Å². The minimum absolute atomic E-state index is 0.183. The second-order valence-electron chi connectivity index (χ2n) is 4.62. The van der Waals surface area contributed by atoms with Crippen LogP contribution in [-0.2, 0) is 16.1 Å². The fourth-order valence-corrected chi connectivity index (χ4v) is 2.24. The van der Waals surface area contributed by atoms with Crippen molar-refractivity contribution in [2.24, 2.45) is 0 Å². The van der Waals surface area contributed by atoms with E-state index in [1.54, 1.807) is 12.1 Å². The van der Waals surface area contributed by atoms with Gasteiger partial charge in [-0.05, 0) is 18.2 Å². The Morgan fingerprint density at radius 1 is 1.04 bits per heavy atom. The first-order valence-electron chi connectivity index (χ1n) is 6.79. The second-order valence-corrected chi connectivity index (χ2v) is 5.84. The van der Waals surface area contributed by atoms with E-state index in [9.17, 15) is 9.59 Å². The molecule has 0 atom stereocenters. The molecule has 24 heavy (non-hydrogen) atoms. The molecule has 0 fully saturated rings. The van der Waals surface area contributed by atoms with Gasteiger partial charge < -0.3 is 19.8 Å². The van der Waals surface area contributed by atoms with Crippen molar-refractivity contribution in [3.63, 3.8) is 0 Å². The lowest BCUT2D eigenvalue weighted by Gasteiger charge is -2.10. The zero-order valence-corrected chi connectivity index (χ0v) is 14.5. The molecule has 9 heteroatoms. The van der Waals surface area contributed by atoms with Gasteiger partial charge in [-0.2, -0.15) is 0 Å². The van der Waals surface area contributed by atoms with Crippen molar-refractivity contribution in [3.05, 3.63) is 51.4 Å². The number of benzene rings is 1. The van der Waals surface area contributed by atoms with Crippen molar-refractivity contribution < 1.29 is 18.7 Å². The molecule has 0 unspecified atom stereocenters. The van der Waals surface area contributed by atoms with Crippen LogP contribution in [0.15, 0.2) is 34.9 Å². The summed E-state index contributed by atoms with van der Waals surface area (Å²) in [6.45, 7) is -0.252. The molecule has 0 saturated carbocycles. The van der Waals surface area contributed by atoms with Crippen molar-refractivity contribution in [1.29, 1.82) is 0 Å². The summed E-state index contributed by atoms with van der Waals surface area (Å²) in [5.74, 6) is 0.00774.